The number of carbonyl (C=O) groups excluding carboxylic acids is 1. The predicted molar refractivity (Wildman–Crippen MR) is 101 cm³/mol. The number of nitrogens with zero attached hydrogens (tertiary/aromatic N) is 2. The lowest BCUT2D eigenvalue weighted by molar-refractivity contribution is -0.125. The molecule has 2 heterocycles. The third-order valence-electron chi connectivity index (χ3n) is 5.31. The van der Waals surface area contributed by atoms with Crippen LogP contribution in [-0.4, -0.2) is 15.7 Å². The summed E-state index contributed by atoms with van der Waals surface area (Å²) in [5.74, 6) is 0.288. The maximum Gasteiger partial charge on any atom is 0.223 e. The first-order valence-corrected chi connectivity index (χ1v) is 10.2. The lowest BCUT2D eigenvalue weighted by atomic mass is 9.94. The SMILES string of the molecule is O=C(NCc1cc(-c2cccs2)n(C2CCCC2)n1)[C@H]1CC=CCC1. The molecule has 0 unspecified atom stereocenters. The fourth-order valence-corrected chi connectivity index (χ4v) is 4.65. The van der Waals surface area contributed by atoms with E-state index in [0.29, 0.717) is 12.6 Å². The summed E-state index contributed by atoms with van der Waals surface area (Å²) in [6.07, 6.45) is 12.1. The Morgan fingerprint density at radius 3 is 2.88 bits per heavy atom. The van der Waals surface area contributed by atoms with Gasteiger partial charge in [-0.25, -0.2) is 0 Å². The van der Waals surface area contributed by atoms with Gasteiger partial charge in [0.25, 0.3) is 0 Å². The Morgan fingerprint density at radius 1 is 1.28 bits per heavy atom. The van der Waals surface area contributed by atoms with Crippen molar-refractivity contribution in [2.24, 2.45) is 5.92 Å². The lowest BCUT2D eigenvalue weighted by Crippen LogP contribution is -2.30. The standard InChI is InChI=1S/C20H25N3OS/c24-20(15-7-2-1-3-8-15)21-14-16-13-18(19-11-6-12-25-19)23(22-16)17-9-4-5-10-17/h1-2,6,11-13,15,17H,3-5,7-10,14H2,(H,21,24)/t15-/m0/s1. The van der Waals surface area contributed by atoms with Crippen LogP contribution in [-0.2, 0) is 11.3 Å². The molecule has 1 saturated carbocycles. The van der Waals surface area contributed by atoms with E-state index >= 15 is 0 Å². The number of hydrogen-bond donors (Lipinski definition) is 1. The van der Waals surface area contributed by atoms with Crippen molar-refractivity contribution in [3.05, 3.63) is 41.4 Å². The third-order valence-corrected chi connectivity index (χ3v) is 6.21. The van der Waals surface area contributed by atoms with Crippen LogP contribution in [0.4, 0.5) is 0 Å². The topological polar surface area (TPSA) is 46.9 Å². The second-order valence-electron chi connectivity index (χ2n) is 7.08. The van der Waals surface area contributed by atoms with Gasteiger partial charge >= 0.3 is 0 Å². The Balaban J connectivity index is 1.49. The van der Waals surface area contributed by atoms with E-state index in [2.05, 4.69) is 45.7 Å². The molecule has 2 aliphatic rings. The van der Waals surface area contributed by atoms with Gasteiger partial charge in [-0.1, -0.05) is 31.1 Å². The summed E-state index contributed by atoms with van der Waals surface area (Å²) in [6, 6.07) is 6.91. The van der Waals surface area contributed by atoms with Crippen LogP contribution in [0.2, 0.25) is 0 Å². The fourth-order valence-electron chi connectivity index (χ4n) is 3.92. The van der Waals surface area contributed by atoms with Crippen LogP contribution in [0.15, 0.2) is 35.7 Å². The molecular weight excluding hydrogens is 330 g/mol. The van der Waals surface area contributed by atoms with Crippen LogP contribution in [0.25, 0.3) is 10.6 Å². The van der Waals surface area contributed by atoms with Gasteiger partial charge in [-0.05, 0) is 49.6 Å². The number of aromatic nitrogens is 2. The molecule has 2 aromatic heterocycles. The van der Waals surface area contributed by atoms with Crippen LogP contribution >= 0.6 is 11.3 Å². The minimum Gasteiger partial charge on any atom is -0.350 e. The zero-order valence-corrected chi connectivity index (χ0v) is 15.3. The van der Waals surface area contributed by atoms with E-state index in [0.717, 1.165) is 25.0 Å². The van der Waals surface area contributed by atoms with E-state index < -0.39 is 0 Å². The zero-order chi connectivity index (χ0) is 17.1. The number of allylic oxidation sites excluding steroid dienone is 2. The van der Waals surface area contributed by atoms with Crippen molar-refractivity contribution < 1.29 is 4.79 Å². The second-order valence-corrected chi connectivity index (χ2v) is 8.03. The van der Waals surface area contributed by atoms with E-state index in [1.165, 1.54) is 36.3 Å². The summed E-state index contributed by atoms with van der Waals surface area (Å²) < 4.78 is 2.21. The first kappa shape index (κ1) is 16.6. The van der Waals surface area contributed by atoms with E-state index in [1.807, 2.05) is 0 Å². The number of rotatable bonds is 5. The highest BCUT2D eigenvalue weighted by Crippen LogP contribution is 2.35. The summed E-state index contributed by atoms with van der Waals surface area (Å²) in [4.78, 5) is 13.6. The van der Waals surface area contributed by atoms with Crippen molar-refractivity contribution >= 4 is 17.2 Å². The fraction of sp³-hybridized carbons (Fsp3) is 0.500. The van der Waals surface area contributed by atoms with Crippen molar-refractivity contribution in [1.82, 2.24) is 15.1 Å². The van der Waals surface area contributed by atoms with Crippen LogP contribution in [0.1, 0.15) is 56.7 Å². The quantitative estimate of drug-likeness (QED) is 0.790. The molecule has 0 spiro atoms. The van der Waals surface area contributed by atoms with Gasteiger partial charge < -0.3 is 5.32 Å². The van der Waals surface area contributed by atoms with E-state index in [9.17, 15) is 4.79 Å². The average Bonchev–Trinajstić information content (AvgIpc) is 3.41. The molecular formula is C20H25N3OS. The van der Waals surface area contributed by atoms with E-state index in [1.54, 1.807) is 11.3 Å². The van der Waals surface area contributed by atoms with Gasteiger partial charge in [0.2, 0.25) is 5.91 Å². The molecule has 1 fully saturated rings. The summed E-state index contributed by atoms with van der Waals surface area (Å²) in [7, 11) is 0. The number of carbonyl (C=O) groups is 1. The molecule has 2 aliphatic carbocycles. The van der Waals surface area contributed by atoms with Crippen LogP contribution in [0.3, 0.4) is 0 Å². The van der Waals surface area contributed by atoms with Gasteiger partial charge in [0.15, 0.2) is 0 Å². The molecule has 25 heavy (non-hydrogen) atoms. The molecule has 0 aliphatic heterocycles. The largest absolute Gasteiger partial charge is 0.350 e. The number of nitrogens with one attached hydrogen (secondary N) is 1. The maximum absolute atomic E-state index is 12.4. The van der Waals surface area contributed by atoms with E-state index in [-0.39, 0.29) is 11.8 Å². The molecule has 132 valence electrons. The monoisotopic (exact) mass is 355 g/mol. The third kappa shape index (κ3) is 3.71. The highest BCUT2D eigenvalue weighted by molar-refractivity contribution is 7.13. The summed E-state index contributed by atoms with van der Waals surface area (Å²) >= 11 is 1.75. The number of thiophene rings is 1. The maximum atomic E-state index is 12.4. The van der Waals surface area contributed by atoms with Crippen molar-refractivity contribution in [3.63, 3.8) is 0 Å². The molecule has 1 atom stereocenters. The molecule has 2 aromatic rings. The molecule has 0 radical (unpaired) electrons. The van der Waals surface area contributed by atoms with Gasteiger partial charge in [0.05, 0.1) is 28.9 Å². The Hall–Kier alpha value is -1.88. The minimum atomic E-state index is 0.124. The molecule has 4 nitrogen and oxygen atoms in total. The normalized spacial score (nSPS) is 20.9. The number of hydrogen-bond acceptors (Lipinski definition) is 3. The zero-order valence-electron chi connectivity index (χ0n) is 14.5. The molecule has 0 saturated heterocycles. The summed E-state index contributed by atoms with van der Waals surface area (Å²) in [5, 5.41) is 10.1. The summed E-state index contributed by atoms with van der Waals surface area (Å²) in [6.45, 7) is 0.525. The van der Waals surface area contributed by atoms with Gasteiger partial charge in [-0.2, -0.15) is 5.10 Å². The van der Waals surface area contributed by atoms with Crippen LogP contribution in [0, 0.1) is 5.92 Å². The Labute approximate surface area is 152 Å². The Kier molecular flexibility index (Phi) is 5.02. The van der Waals surface area contributed by atoms with Crippen LogP contribution in [0.5, 0.6) is 0 Å². The van der Waals surface area contributed by atoms with Crippen molar-refractivity contribution in [2.45, 2.75) is 57.5 Å². The second kappa shape index (κ2) is 7.56. The van der Waals surface area contributed by atoms with Gasteiger partial charge in [-0.3, -0.25) is 9.48 Å². The predicted octanol–water partition coefficient (Wildman–Crippen LogP) is 4.70. The molecule has 1 amide bonds. The Bertz CT molecular complexity index is 741. The van der Waals surface area contributed by atoms with E-state index in [4.69, 9.17) is 5.10 Å². The van der Waals surface area contributed by atoms with Gasteiger partial charge in [-0.15, -0.1) is 11.3 Å². The molecule has 1 N–H and O–H groups in total. The summed E-state index contributed by atoms with van der Waals surface area (Å²) in [5.41, 5.74) is 2.17. The number of amides is 1. The van der Waals surface area contributed by atoms with Gasteiger partial charge in [0.1, 0.15) is 0 Å². The first-order chi connectivity index (χ1) is 12.3. The molecule has 0 aromatic carbocycles. The van der Waals surface area contributed by atoms with Crippen molar-refractivity contribution in [1.29, 1.82) is 0 Å². The van der Waals surface area contributed by atoms with Crippen molar-refractivity contribution in [3.8, 4) is 10.6 Å². The Morgan fingerprint density at radius 2 is 2.16 bits per heavy atom. The van der Waals surface area contributed by atoms with Gasteiger partial charge in [0, 0.05) is 5.92 Å². The average molecular weight is 356 g/mol. The lowest BCUT2D eigenvalue weighted by Gasteiger charge is -2.16. The molecule has 5 heteroatoms. The molecule has 0 bridgehead atoms. The minimum absolute atomic E-state index is 0.124. The first-order valence-electron chi connectivity index (χ1n) is 9.36. The van der Waals surface area contributed by atoms with Crippen molar-refractivity contribution in [2.75, 3.05) is 0 Å². The van der Waals surface area contributed by atoms with Crippen LogP contribution < -0.4 is 5.32 Å². The highest BCUT2D eigenvalue weighted by atomic mass is 32.1. The molecule has 4 rings (SSSR count). The smallest absolute Gasteiger partial charge is 0.223 e. The highest BCUT2D eigenvalue weighted by Gasteiger charge is 2.23.